The van der Waals surface area contributed by atoms with Crippen molar-refractivity contribution >= 4 is 47.1 Å². The number of barbiturate groups is 1. The van der Waals surface area contributed by atoms with Gasteiger partial charge in [-0.05, 0) is 35.9 Å². The van der Waals surface area contributed by atoms with E-state index >= 15 is 0 Å². The first-order chi connectivity index (χ1) is 14.2. The summed E-state index contributed by atoms with van der Waals surface area (Å²) in [6, 6.07) is 9.40. The van der Waals surface area contributed by atoms with Crippen LogP contribution in [-0.4, -0.2) is 48.9 Å². The van der Waals surface area contributed by atoms with E-state index in [0.717, 1.165) is 15.4 Å². The molecule has 4 amide bonds. The number of carbonyl (C=O) groups is 3. The number of nitrogens with zero attached hydrogens (tertiary/aromatic N) is 2. The topological polar surface area (TPSA) is 76.2 Å². The summed E-state index contributed by atoms with van der Waals surface area (Å²) in [7, 11) is 4.12. The fraction of sp³-hybridized carbons (Fsp3) is 0.190. The zero-order valence-corrected chi connectivity index (χ0v) is 18.0. The van der Waals surface area contributed by atoms with Crippen LogP contribution in [0.2, 0.25) is 10.0 Å². The van der Waals surface area contributed by atoms with E-state index in [1.807, 2.05) is 0 Å². The molecule has 0 saturated carbocycles. The lowest BCUT2D eigenvalue weighted by Gasteiger charge is -2.28. The molecule has 1 saturated heterocycles. The van der Waals surface area contributed by atoms with Crippen molar-refractivity contribution in [2.45, 2.75) is 6.61 Å². The van der Waals surface area contributed by atoms with Crippen LogP contribution in [0, 0.1) is 0 Å². The number of benzene rings is 2. The van der Waals surface area contributed by atoms with Crippen LogP contribution in [0.3, 0.4) is 0 Å². The van der Waals surface area contributed by atoms with Gasteiger partial charge in [0, 0.05) is 29.7 Å². The highest BCUT2D eigenvalue weighted by atomic mass is 35.5. The largest absolute Gasteiger partial charge is 0.493 e. The molecule has 0 spiro atoms. The fourth-order valence-corrected chi connectivity index (χ4v) is 3.29. The summed E-state index contributed by atoms with van der Waals surface area (Å²) in [6.45, 7) is 0.196. The molecule has 9 heteroatoms. The monoisotopic (exact) mass is 448 g/mol. The third-order valence-corrected chi connectivity index (χ3v) is 5.13. The standard InChI is InChI=1S/C21H18Cl2N2O5/c1-24-19(26)15(20(27)25(2)21(24)28)8-12-4-7-17(18(9-12)29-3)30-11-13-5-6-14(22)10-16(13)23/h4-10H,11H2,1-3H3. The Morgan fingerprint density at radius 2 is 1.60 bits per heavy atom. The van der Waals surface area contributed by atoms with E-state index in [9.17, 15) is 14.4 Å². The molecule has 1 aliphatic rings. The second-order valence-corrected chi connectivity index (χ2v) is 7.35. The van der Waals surface area contributed by atoms with Gasteiger partial charge in [0.15, 0.2) is 11.5 Å². The third-order valence-electron chi connectivity index (χ3n) is 4.54. The normalized spacial score (nSPS) is 14.3. The average Bonchev–Trinajstić information content (AvgIpc) is 2.73. The molecule has 2 aromatic rings. The summed E-state index contributed by atoms with van der Waals surface area (Å²) < 4.78 is 11.2. The van der Waals surface area contributed by atoms with Crippen molar-refractivity contribution in [1.82, 2.24) is 9.80 Å². The maximum absolute atomic E-state index is 12.3. The van der Waals surface area contributed by atoms with Crippen molar-refractivity contribution < 1.29 is 23.9 Å². The molecule has 0 N–H and O–H groups in total. The Morgan fingerprint density at radius 1 is 0.933 bits per heavy atom. The second-order valence-electron chi connectivity index (χ2n) is 6.50. The maximum Gasteiger partial charge on any atom is 0.333 e. The Labute approximate surface area is 183 Å². The number of amides is 4. The number of hydrogen-bond acceptors (Lipinski definition) is 5. The highest BCUT2D eigenvalue weighted by molar-refractivity contribution is 6.35. The Morgan fingerprint density at radius 3 is 2.20 bits per heavy atom. The second kappa shape index (κ2) is 8.77. The molecule has 2 aromatic carbocycles. The third kappa shape index (κ3) is 4.27. The SMILES string of the molecule is COc1cc(C=C2C(=O)N(C)C(=O)N(C)C2=O)ccc1OCc1ccc(Cl)cc1Cl. The number of likely N-dealkylation sites (N-methyl/N-ethyl adjacent to an activating group) is 2. The summed E-state index contributed by atoms with van der Waals surface area (Å²) in [5.41, 5.74) is 1.17. The van der Waals surface area contributed by atoms with Crippen LogP contribution in [0.4, 0.5) is 4.79 Å². The van der Waals surface area contributed by atoms with Gasteiger partial charge in [0.05, 0.1) is 7.11 Å². The van der Waals surface area contributed by atoms with Gasteiger partial charge in [-0.3, -0.25) is 19.4 Å². The minimum absolute atomic E-state index is 0.122. The van der Waals surface area contributed by atoms with Gasteiger partial charge in [0.2, 0.25) is 0 Å². The van der Waals surface area contributed by atoms with Gasteiger partial charge in [0.1, 0.15) is 12.2 Å². The van der Waals surface area contributed by atoms with Crippen LogP contribution in [0.1, 0.15) is 11.1 Å². The highest BCUT2D eigenvalue weighted by Crippen LogP contribution is 2.31. The molecule has 1 heterocycles. The Balaban J connectivity index is 1.85. The van der Waals surface area contributed by atoms with Gasteiger partial charge in [-0.15, -0.1) is 0 Å². The van der Waals surface area contributed by atoms with E-state index in [4.69, 9.17) is 32.7 Å². The van der Waals surface area contributed by atoms with Crippen LogP contribution in [0.25, 0.3) is 6.08 Å². The molecule has 0 radical (unpaired) electrons. The summed E-state index contributed by atoms with van der Waals surface area (Å²) in [4.78, 5) is 38.3. The van der Waals surface area contributed by atoms with Crippen LogP contribution >= 0.6 is 23.2 Å². The van der Waals surface area contributed by atoms with Gasteiger partial charge in [0.25, 0.3) is 11.8 Å². The molecule has 7 nitrogen and oxygen atoms in total. The molecule has 0 atom stereocenters. The van der Waals surface area contributed by atoms with Crippen LogP contribution in [0.15, 0.2) is 42.0 Å². The lowest BCUT2D eigenvalue weighted by Crippen LogP contribution is -2.52. The Kier molecular flexibility index (Phi) is 6.34. The maximum atomic E-state index is 12.3. The lowest BCUT2D eigenvalue weighted by atomic mass is 10.1. The number of urea groups is 1. The molecule has 30 heavy (non-hydrogen) atoms. The van der Waals surface area contributed by atoms with Gasteiger partial charge < -0.3 is 9.47 Å². The number of carbonyl (C=O) groups excluding carboxylic acids is 3. The summed E-state index contributed by atoms with van der Waals surface area (Å²) in [5, 5.41) is 1.02. The molecule has 0 aliphatic carbocycles. The smallest absolute Gasteiger partial charge is 0.333 e. The van der Waals surface area contributed by atoms with Crippen molar-refractivity contribution in [2.75, 3.05) is 21.2 Å². The molecular formula is C21H18Cl2N2O5. The molecule has 1 aliphatic heterocycles. The minimum Gasteiger partial charge on any atom is -0.493 e. The first-order valence-corrected chi connectivity index (χ1v) is 9.55. The van der Waals surface area contributed by atoms with Gasteiger partial charge in [-0.2, -0.15) is 0 Å². The molecular weight excluding hydrogens is 431 g/mol. The summed E-state index contributed by atoms with van der Waals surface area (Å²) in [6.07, 6.45) is 1.41. The van der Waals surface area contributed by atoms with Crippen molar-refractivity contribution in [3.8, 4) is 11.5 Å². The van der Waals surface area contributed by atoms with Crippen molar-refractivity contribution in [3.63, 3.8) is 0 Å². The molecule has 0 unspecified atom stereocenters. The van der Waals surface area contributed by atoms with E-state index < -0.39 is 17.8 Å². The number of ether oxygens (including phenoxy) is 2. The Hall–Kier alpha value is -3.03. The predicted octanol–water partition coefficient (Wildman–Crippen LogP) is 4.01. The number of hydrogen-bond donors (Lipinski definition) is 0. The fourth-order valence-electron chi connectivity index (χ4n) is 2.83. The number of rotatable bonds is 5. The first-order valence-electron chi connectivity index (χ1n) is 8.79. The summed E-state index contributed by atoms with van der Waals surface area (Å²) in [5.74, 6) is -0.473. The van der Waals surface area contributed by atoms with E-state index in [-0.39, 0.29) is 12.2 Å². The molecule has 3 rings (SSSR count). The van der Waals surface area contributed by atoms with Crippen molar-refractivity contribution in [3.05, 3.63) is 63.1 Å². The van der Waals surface area contributed by atoms with Gasteiger partial charge in [-0.1, -0.05) is 35.3 Å². The predicted molar refractivity (Wildman–Crippen MR) is 113 cm³/mol. The molecule has 156 valence electrons. The van der Waals surface area contributed by atoms with Crippen molar-refractivity contribution in [2.24, 2.45) is 0 Å². The zero-order chi connectivity index (χ0) is 22.0. The first kappa shape index (κ1) is 21.7. The number of methoxy groups -OCH3 is 1. The number of imide groups is 2. The zero-order valence-electron chi connectivity index (χ0n) is 16.4. The van der Waals surface area contributed by atoms with Crippen LogP contribution in [0.5, 0.6) is 11.5 Å². The quantitative estimate of drug-likeness (QED) is 0.509. The molecule has 0 aromatic heterocycles. The lowest BCUT2D eigenvalue weighted by molar-refractivity contribution is -0.134. The minimum atomic E-state index is -0.677. The van der Waals surface area contributed by atoms with Gasteiger partial charge in [-0.25, -0.2) is 4.79 Å². The van der Waals surface area contributed by atoms with Gasteiger partial charge >= 0.3 is 6.03 Å². The van der Waals surface area contributed by atoms with Crippen molar-refractivity contribution in [1.29, 1.82) is 0 Å². The molecule has 0 bridgehead atoms. The highest BCUT2D eigenvalue weighted by Gasteiger charge is 2.37. The van der Waals surface area contributed by atoms with Crippen LogP contribution < -0.4 is 9.47 Å². The van der Waals surface area contributed by atoms with E-state index in [0.29, 0.717) is 27.1 Å². The summed E-state index contributed by atoms with van der Waals surface area (Å²) >= 11 is 12.1. The van der Waals surface area contributed by atoms with E-state index in [1.54, 1.807) is 36.4 Å². The molecule has 1 fully saturated rings. The number of halogens is 2. The Bertz CT molecular complexity index is 1040. The van der Waals surface area contributed by atoms with E-state index in [1.165, 1.54) is 27.3 Å². The van der Waals surface area contributed by atoms with E-state index in [2.05, 4.69) is 0 Å². The van der Waals surface area contributed by atoms with Crippen LogP contribution in [-0.2, 0) is 16.2 Å². The average molecular weight is 449 g/mol.